The molecule has 2 aromatic carbocycles. The van der Waals surface area contributed by atoms with Gasteiger partial charge in [-0.15, -0.1) is 0 Å². The van der Waals surface area contributed by atoms with Gasteiger partial charge in [0.2, 0.25) is 0 Å². The Kier molecular flexibility index (Phi) is 5.60. The molecule has 1 atom stereocenters. The van der Waals surface area contributed by atoms with Crippen LogP contribution < -0.4 is 5.32 Å². The van der Waals surface area contributed by atoms with E-state index in [-0.39, 0.29) is 0 Å². The van der Waals surface area contributed by atoms with Crippen molar-refractivity contribution in [1.29, 1.82) is 0 Å². The van der Waals surface area contributed by atoms with Crippen LogP contribution in [0.3, 0.4) is 0 Å². The van der Waals surface area contributed by atoms with Gasteiger partial charge in [-0.3, -0.25) is 9.91 Å². The Morgan fingerprint density at radius 1 is 0.935 bits per heavy atom. The van der Waals surface area contributed by atoms with Crippen LogP contribution in [0.15, 0.2) is 66.0 Å². The van der Waals surface area contributed by atoms with E-state index in [0.29, 0.717) is 19.6 Å². The molecule has 3 aromatic rings. The molecule has 3 heterocycles. The van der Waals surface area contributed by atoms with Crippen molar-refractivity contribution < 1.29 is 5.11 Å². The number of benzene rings is 2. The highest BCUT2D eigenvalue weighted by Gasteiger charge is 2.21. The molecular weight excluding hydrogens is 388 g/mol. The van der Waals surface area contributed by atoms with Gasteiger partial charge in [-0.05, 0) is 46.9 Å². The highest BCUT2D eigenvalue weighted by molar-refractivity contribution is 5.83. The van der Waals surface area contributed by atoms with Crippen LogP contribution in [0.5, 0.6) is 0 Å². The van der Waals surface area contributed by atoms with Gasteiger partial charge in [-0.1, -0.05) is 30.3 Å². The summed E-state index contributed by atoms with van der Waals surface area (Å²) in [4.78, 5) is 2.33. The first-order valence-corrected chi connectivity index (χ1v) is 10.7. The fraction of sp³-hybridized carbons (Fsp3) is 0.292. The fourth-order valence-corrected chi connectivity index (χ4v) is 4.28. The molecule has 0 saturated heterocycles. The predicted molar refractivity (Wildman–Crippen MR) is 121 cm³/mol. The van der Waals surface area contributed by atoms with Crippen molar-refractivity contribution in [2.24, 2.45) is 5.10 Å². The highest BCUT2D eigenvalue weighted by atomic mass is 16.3. The normalized spacial score (nSPS) is 16.5. The number of hydrazone groups is 1. The van der Waals surface area contributed by atoms with E-state index in [9.17, 15) is 5.11 Å². The first kappa shape index (κ1) is 19.7. The average molecular weight is 415 g/mol. The van der Waals surface area contributed by atoms with E-state index < -0.39 is 6.10 Å². The van der Waals surface area contributed by atoms with Crippen LogP contribution in [0.2, 0.25) is 0 Å². The van der Waals surface area contributed by atoms with Gasteiger partial charge in [0, 0.05) is 25.3 Å². The Morgan fingerprint density at radius 3 is 2.71 bits per heavy atom. The summed E-state index contributed by atoms with van der Waals surface area (Å²) in [6.07, 6.45) is 5.83. The molecule has 2 aliphatic rings. The molecule has 2 N–H and O–H groups in total. The molecule has 0 bridgehead atoms. The van der Waals surface area contributed by atoms with Crippen LogP contribution in [0, 0.1) is 0 Å². The Labute approximate surface area is 182 Å². The van der Waals surface area contributed by atoms with Gasteiger partial charge >= 0.3 is 0 Å². The molecule has 31 heavy (non-hydrogen) atoms. The van der Waals surface area contributed by atoms with Crippen LogP contribution in [0.4, 0.5) is 11.4 Å². The third-order valence-electron chi connectivity index (χ3n) is 5.83. The number of fused-ring (bicyclic) bond motifs is 2. The molecule has 5 rings (SSSR count). The number of hydrogen-bond donors (Lipinski definition) is 2. The molecule has 0 radical (unpaired) electrons. The lowest BCUT2D eigenvalue weighted by atomic mass is 10.00. The van der Waals surface area contributed by atoms with Gasteiger partial charge in [0.15, 0.2) is 0 Å². The molecular formula is C24H26N6O. The van der Waals surface area contributed by atoms with E-state index in [2.05, 4.69) is 61.9 Å². The van der Waals surface area contributed by atoms with Gasteiger partial charge in [0.25, 0.3) is 0 Å². The summed E-state index contributed by atoms with van der Waals surface area (Å²) >= 11 is 0. The minimum Gasteiger partial charge on any atom is -0.390 e. The summed E-state index contributed by atoms with van der Waals surface area (Å²) < 4.78 is 0. The van der Waals surface area contributed by atoms with Crippen molar-refractivity contribution in [2.45, 2.75) is 25.6 Å². The number of rotatable bonds is 6. The smallest absolute Gasteiger partial charge is 0.0858 e. The van der Waals surface area contributed by atoms with Crippen molar-refractivity contribution in [3.8, 4) is 0 Å². The molecule has 0 aliphatic carbocycles. The van der Waals surface area contributed by atoms with Crippen LogP contribution >= 0.6 is 0 Å². The number of nitrogens with one attached hydrogen (secondary N) is 1. The number of anilines is 2. The lowest BCUT2D eigenvalue weighted by Crippen LogP contribution is -2.41. The SMILES string of the molecule is OC(CN1CCc2ccccc2C1)CN1Cc2cc(Nc3ccnnc3)ccc2C=N1. The Bertz CT molecular complexity index is 1070. The number of hydrogen-bond acceptors (Lipinski definition) is 7. The largest absolute Gasteiger partial charge is 0.390 e. The number of aliphatic hydroxyl groups excluding tert-OH is 1. The number of aliphatic hydroxyl groups is 1. The topological polar surface area (TPSA) is 76.9 Å². The van der Waals surface area contributed by atoms with Crippen molar-refractivity contribution in [3.05, 3.63) is 83.2 Å². The summed E-state index contributed by atoms with van der Waals surface area (Å²) in [5, 5.41) is 28.3. The number of β-amino-alcohol motifs (C(OH)–C–C–N with tert-alkyl or cyclic N) is 1. The second-order valence-electron chi connectivity index (χ2n) is 8.17. The van der Waals surface area contributed by atoms with E-state index >= 15 is 0 Å². The second kappa shape index (κ2) is 8.83. The van der Waals surface area contributed by atoms with Crippen LogP contribution in [0.1, 0.15) is 22.3 Å². The quantitative estimate of drug-likeness (QED) is 0.646. The van der Waals surface area contributed by atoms with Crippen LogP contribution in [-0.2, 0) is 19.5 Å². The van der Waals surface area contributed by atoms with E-state index in [0.717, 1.165) is 36.4 Å². The van der Waals surface area contributed by atoms with Gasteiger partial charge in [-0.2, -0.15) is 15.3 Å². The maximum absolute atomic E-state index is 10.7. The van der Waals surface area contributed by atoms with E-state index in [4.69, 9.17) is 0 Å². The predicted octanol–water partition coefficient (Wildman–Crippen LogP) is 2.79. The molecule has 158 valence electrons. The number of aromatic nitrogens is 2. The molecule has 1 aromatic heterocycles. The molecule has 0 fully saturated rings. The van der Waals surface area contributed by atoms with Crippen molar-refractivity contribution in [2.75, 3.05) is 25.0 Å². The van der Waals surface area contributed by atoms with Crippen molar-refractivity contribution >= 4 is 17.6 Å². The maximum atomic E-state index is 10.7. The molecule has 0 saturated carbocycles. The van der Waals surface area contributed by atoms with E-state index in [1.165, 1.54) is 16.7 Å². The molecule has 2 aliphatic heterocycles. The van der Waals surface area contributed by atoms with Gasteiger partial charge < -0.3 is 10.4 Å². The lowest BCUT2D eigenvalue weighted by molar-refractivity contribution is 0.0673. The van der Waals surface area contributed by atoms with E-state index in [1.807, 2.05) is 23.4 Å². The second-order valence-corrected chi connectivity index (χ2v) is 8.17. The molecule has 1 unspecified atom stereocenters. The van der Waals surface area contributed by atoms with Crippen LogP contribution in [-0.4, -0.2) is 57.2 Å². The summed E-state index contributed by atoms with van der Waals surface area (Å²) in [6, 6.07) is 16.7. The van der Waals surface area contributed by atoms with Crippen molar-refractivity contribution in [1.82, 2.24) is 20.1 Å². The lowest BCUT2D eigenvalue weighted by Gasteiger charge is -2.32. The Hall–Kier alpha value is -3.29. The zero-order chi connectivity index (χ0) is 21.0. The summed E-state index contributed by atoms with van der Waals surface area (Å²) in [5.74, 6) is 0. The average Bonchev–Trinajstić information content (AvgIpc) is 2.79. The third-order valence-corrected chi connectivity index (χ3v) is 5.83. The minimum atomic E-state index is -0.451. The van der Waals surface area contributed by atoms with Gasteiger partial charge in [0.05, 0.1) is 43.5 Å². The standard InChI is InChI=1S/C24H26N6O/c31-24(16-29-10-8-18-3-1-2-4-20(18)14-29)17-30-15-21-11-22(6-5-19(21)12-27-30)28-23-7-9-25-26-13-23/h1-7,9,11-13,24,31H,8,10,14-17H2,(H,25,28). The molecule has 7 heteroatoms. The zero-order valence-electron chi connectivity index (χ0n) is 17.4. The van der Waals surface area contributed by atoms with Crippen molar-refractivity contribution in [3.63, 3.8) is 0 Å². The minimum absolute atomic E-state index is 0.451. The number of nitrogens with zero attached hydrogens (tertiary/aromatic N) is 5. The Morgan fingerprint density at radius 2 is 1.84 bits per heavy atom. The third kappa shape index (κ3) is 4.73. The highest BCUT2D eigenvalue weighted by Crippen LogP contribution is 2.23. The zero-order valence-corrected chi connectivity index (χ0v) is 17.4. The molecule has 0 amide bonds. The monoisotopic (exact) mass is 414 g/mol. The maximum Gasteiger partial charge on any atom is 0.0858 e. The van der Waals surface area contributed by atoms with Gasteiger partial charge in [0.1, 0.15) is 0 Å². The molecule has 0 spiro atoms. The van der Waals surface area contributed by atoms with Gasteiger partial charge in [-0.25, -0.2) is 0 Å². The summed E-state index contributed by atoms with van der Waals surface area (Å²) in [6.45, 7) is 3.73. The van der Waals surface area contributed by atoms with Crippen LogP contribution in [0.25, 0.3) is 0 Å². The first-order chi connectivity index (χ1) is 15.2. The molecule has 7 nitrogen and oxygen atoms in total. The van der Waals surface area contributed by atoms with E-state index in [1.54, 1.807) is 12.4 Å². The fourth-order valence-electron chi connectivity index (χ4n) is 4.28. The Balaban J connectivity index is 1.18. The summed E-state index contributed by atoms with van der Waals surface area (Å²) in [7, 11) is 0. The first-order valence-electron chi connectivity index (χ1n) is 10.7. The summed E-state index contributed by atoms with van der Waals surface area (Å²) in [5.41, 5.74) is 6.98.